The summed E-state index contributed by atoms with van der Waals surface area (Å²) in [4.78, 5) is 11.8. The summed E-state index contributed by atoms with van der Waals surface area (Å²) in [5, 5.41) is 13.7. The summed E-state index contributed by atoms with van der Waals surface area (Å²) in [5.74, 6) is 0.552. The minimum absolute atomic E-state index is 0.116. The third-order valence-electron chi connectivity index (χ3n) is 3.44. The molecular formula is C18H22N2O3. The molecule has 5 nitrogen and oxygen atoms in total. The van der Waals surface area contributed by atoms with Crippen molar-refractivity contribution in [3.05, 3.63) is 65.1 Å². The van der Waals surface area contributed by atoms with Crippen LogP contribution in [-0.4, -0.2) is 19.1 Å². The number of amides is 1. The van der Waals surface area contributed by atoms with Gasteiger partial charge in [-0.25, -0.2) is 0 Å². The van der Waals surface area contributed by atoms with E-state index >= 15 is 0 Å². The van der Waals surface area contributed by atoms with Crippen LogP contribution in [0, 0.1) is 5.21 Å². The van der Waals surface area contributed by atoms with Gasteiger partial charge < -0.3 is 15.3 Å². The van der Waals surface area contributed by atoms with E-state index in [1.807, 2.05) is 12.1 Å². The Morgan fingerprint density at radius 1 is 1.13 bits per heavy atom. The van der Waals surface area contributed by atoms with Crippen LogP contribution < -0.4 is 14.8 Å². The van der Waals surface area contributed by atoms with Gasteiger partial charge in [-0.15, -0.1) is 0 Å². The van der Waals surface area contributed by atoms with Gasteiger partial charge in [0.1, 0.15) is 12.4 Å². The van der Waals surface area contributed by atoms with E-state index in [9.17, 15) is 10.0 Å². The van der Waals surface area contributed by atoms with Crippen molar-refractivity contribution in [2.24, 2.45) is 0 Å². The Morgan fingerprint density at radius 2 is 1.74 bits per heavy atom. The van der Waals surface area contributed by atoms with Crippen molar-refractivity contribution in [2.45, 2.75) is 26.2 Å². The second-order valence-electron chi connectivity index (χ2n) is 6.33. The molecule has 2 aromatic rings. The molecule has 23 heavy (non-hydrogen) atoms. The van der Waals surface area contributed by atoms with Gasteiger partial charge in [-0.05, 0) is 23.1 Å². The van der Waals surface area contributed by atoms with Gasteiger partial charge in [0.05, 0.1) is 12.1 Å². The third-order valence-corrected chi connectivity index (χ3v) is 3.44. The van der Waals surface area contributed by atoms with E-state index < -0.39 is 0 Å². The summed E-state index contributed by atoms with van der Waals surface area (Å²) >= 11 is 0. The quantitative estimate of drug-likeness (QED) is 0.524. The molecule has 0 spiro atoms. The summed E-state index contributed by atoms with van der Waals surface area (Å²) in [7, 11) is 0. The predicted octanol–water partition coefficient (Wildman–Crippen LogP) is 2.43. The zero-order chi connectivity index (χ0) is 16.9. The monoisotopic (exact) mass is 314 g/mol. The average molecular weight is 314 g/mol. The number of aromatic nitrogens is 1. The van der Waals surface area contributed by atoms with E-state index in [0.717, 1.165) is 5.75 Å². The van der Waals surface area contributed by atoms with Crippen LogP contribution in [0.15, 0.2) is 48.8 Å². The lowest BCUT2D eigenvalue weighted by atomic mass is 9.87. The molecule has 0 atom stereocenters. The number of hydrogen-bond acceptors (Lipinski definition) is 3. The van der Waals surface area contributed by atoms with E-state index in [-0.39, 0.29) is 11.3 Å². The van der Waals surface area contributed by atoms with Gasteiger partial charge >= 0.3 is 0 Å². The van der Waals surface area contributed by atoms with Gasteiger partial charge in [-0.2, -0.15) is 4.73 Å². The standard InChI is InChI=1S/C18H22N2O3/c1-18(2,3)15-4-6-16(7-5-15)23-13-10-19-17(21)14-8-11-20(22)12-9-14/h4-9,11-12H,10,13H2,1-3H3,(H,19,21). The first-order chi connectivity index (χ1) is 10.9. The van der Waals surface area contributed by atoms with Crippen LogP contribution >= 0.6 is 0 Å². The molecule has 1 heterocycles. The largest absolute Gasteiger partial charge is 0.619 e. The molecule has 0 radical (unpaired) electrons. The van der Waals surface area contributed by atoms with Crippen LogP contribution in [0.3, 0.4) is 0 Å². The van der Waals surface area contributed by atoms with Gasteiger partial charge in [0.25, 0.3) is 5.91 Å². The first-order valence-electron chi connectivity index (χ1n) is 7.56. The minimum atomic E-state index is -0.225. The van der Waals surface area contributed by atoms with Crippen LogP contribution in [0.5, 0.6) is 5.75 Å². The molecule has 0 aliphatic rings. The zero-order valence-electron chi connectivity index (χ0n) is 13.7. The lowest BCUT2D eigenvalue weighted by molar-refractivity contribution is -0.605. The van der Waals surface area contributed by atoms with Crippen LogP contribution in [0.25, 0.3) is 0 Å². The normalized spacial score (nSPS) is 11.1. The Balaban J connectivity index is 1.77. The number of benzene rings is 1. The fourth-order valence-corrected chi connectivity index (χ4v) is 2.05. The maximum atomic E-state index is 11.8. The summed E-state index contributed by atoms with van der Waals surface area (Å²) < 4.78 is 6.25. The number of nitrogens with one attached hydrogen (secondary N) is 1. The second-order valence-corrected chi connectivity index (χ2v) is 6.33. The van der Waals surface area contributed by atoms with Crippen molar-refractivity contribution in [3.63, 3.8) is 0 Å². The van der Waals surface area contributed by atoms with Gasteiger partial charge in [0.15, 0.2) is 12.4 Å². The van der Waals surface area contributed by atoms with Gasteiger partial charge in [-0.1, -0.05) is 32.9 Å². The van der Waals surface area contributed by atoms with E-state index in [2.05, 4.69) is 38.2 Å². The van der Waals surface area contributed by atoms with Crippen molar-refractivity contribution in [3.8, 4) is 5.75 Å². The molecule has 0 saturated heterocycles. The number of nitrogens with zero attached hydrogens (tertiary/aromatic N) is 1. The maximum Gasteiger partial charge on any atom is 0.251 e. The predicted molar refractivity (Wildman–Crippen MR) is 88.4 cm³/mol. The number of rotatable bonds is 5. The molecule has 1 N–H and O–H groups in total. The zero-order valence-corrected chi connectivity index (χ0v) is 13.7. The van der Waals surface area contributed by atoms with Crippen LogP contribution in [0.4, 0.5) is 0 Å². The van der Waals surface area contributed by atoms with Gasteiger partial charge in [-0.3, -0.25) is 4.79 Å². The fraction of sp³-hybridized carbons (Fsp3) is 0.333. The SMILES string of the molecule is CC(C)(C)c1ccc(OCCNC(=O)c2cc[n+]([O-])cc2)cc1. The summed E-state index contributed by atoms with van der Waals surface area (Å²) in [5.41, 5.74) is 1.81. The molecule has 0 saturated carbocycles. The number of ether oxygens (including phenoxy) is 1. The summed E-state index contributed by atoms with van der Waals surface area (Å²) in [6, 6.07) is 10.9. The number of carbonyl (C=O) groups excluding carboxylic acids is 1. The third kappa shape index (κ3) is 4.98. The van der Waals surface area contributed by atoms with Crippen LogP contribution in [0.2, 0.25) is 0 Å². The maximum absolute atomic E-state index is 11.8. The molecular weight excluding hydrogens is 292 g/mol. The van der Waals surface area contributed by atoms with Crippen LogP contribution in [0.1, 0.15) is 36.7 Å². The lowest BCUT2D eigenvalue weighted by Crippen LogP contribution is -2.30. The van der Waals surface area contributed by atoms with Crippen molar-refractivity contribution in [2.75, 3.05) is 13.2 Å². The second kappa shape index (κ2) is 7.13. The minimum Gasteiger partial charge on any atom is -0.619 e. The first kappa shape index (κ1) is 16.8. The molecule has 0 aliphatic carbocycles. The van der Waals surface area contributed by atoms with Crippen molar-refractivity contribution in [1.82, 2.24) is 5.32 Å². The Kier molecular flexibility index (Phi) is 5.21. The van der Waals surface area contributed by atoms with E-state index in [1.165, 1.54) is 30.1 Å². The van der Waals surface area contributed by atoms with Crippen molar-refractivity contribution < 1.29 is 14.3 Å². The van der Waals surface area contributed by atoms with Crippen molar-refractivity contribution >= 4 is 5.91 Å². The molecule has 0 unspecified atom stereocenters. The highest BCUT2D eigenvalue weighted by molar-refractivity contribution is 5.93. The number of carbonyl (C=O) groups is 1. The smallest absolute Gasteiger partial charge is 0.251 e. The summed E-state index contributed by atoms with van der Waals surface area (Å²) in [6.45, 7) is 7.27. The molecule has 1 amide bonds. The summed E-state index contributed by atoms with van der Waals surface area (Å²) in [6.07, 6.45) is 2.59. The molecule has 1 aromatic carbocycles. The molecule has 1 aromatic heterocycles. The Labute approximate surface area is 136 Å². The van der Waals surface area contributed by atoms with Crippen LogP contribution in [-0.2, 0) is 5.41 Å². The molecule has 5 heteroatoms. The van der Waals surface area contributed by atoms with E-state index in [0.29, 0.717) is 23.4 Å². The van der Waals surface area contributed by atoms with E-state index in [1.54, 1.807) is 0 Å². The van der Waals surface area contributed by atoms with Gasteiger partial charge in [0, 0.05) is 12.1 Å². The topological polar surface area (TPSA) is 65.3 Å². The highest BCUT2D eigenvalue weighted by Gasteiger charge is 2.13. The molecule has 2 rings (SSSR count). The highest BCUT2D eigenvalue weighted by atomic mass is 16.5. The fourth-order valence-electron chi connectivity index (χ4n) is 2.05. The molecule has 0 bridgehead atoms. The number of pyridine rings is 1. The lowest BCUT2D eigenvalue weighted by Gasteiger charge is -2.19. The highest BCUT2D eigenvalue weighted by Crippen LogP contribution is 2.24. The Morgan fingerprint density at radius 3 is 2.30 bits per heavy atom. The Bertz CT molecular complexity index is 643. The number of hydrogen-bond donors (Lipinski definition) is 1. The van der Waals surface area contributed by atoms with Crippen molar-refractivity contribution in [1.29, 1.82) is 0 Å². The van der Waals surface area contributed by atoms with Gasteiger partial charge in [0.2, 0.25) is 0 Å². The molecule has 122 valence electrons. The van der Waals surface area contributed by atoms with E-state index in [4.69, 9.17) is 4.74 Å². The Hall–Kier alpha value is -2.56. The average Bonchev–Trinajstić information content (AvgIpc) is 2.51. The first-order valence-corrected chi connectivity index (χ1v) is 7.56. The molecule has 0 fully saturated rings. The molecule has 0 aliphatic heterocycles.